The number of nitrogens with two attached hydrogens (primary N) is 2. The molecule has 0 aromatic heterocycles. The van der Waals surface area contributed by atoms with Crippen molar-refractivity contribution in [2.75, 3.05) is 0 Å². The van der Waals surface area contributed by atoms with E-state index < -0.39 is 12.5 Å². The fraction of sp³-hybridized carbons (Fsp3) is 0.500. The Labute approximate surface area is 50.9 Å². The minimum absolute atomic E-state index is 1.09. The molecular formula is C2H8N4O3. The van der Waals surface area contributed by atoms with Gasteiger partial charge in [0, 0.05) is 0 Å². The van der Waals surface area contributed by atoms with E-state index >= 15 is 0 Å². The predicted molar refractivity (Wildman–Crippen MR) is 27.1 cm³/mol. The minimum Gasteiger partial charge on any atom is -0.404 e. The van der Waals surface area contributed by atoms with Crippen molar-refractivity contribution >= 4 is 6.09 Å². The Bertz CT molecular complexity index is 95.8. The van der Waals surface area contributed by atoms with Crippen LogP contribution < -0.4 is 22.5 Å². The number of hydrazine groups is 2. The van der Waals surface area contributed by atoms with Crippen molar-refractivity contribution in [3.63, 3.8) is 0 Å². The average molecular weight is 136 g/mol. The Kier molecular flexibility index (Phi) is 3.64. The standard InChI is InChI=1S/C2H8N4O3/c3-1(7)9-2(8)5-6-4/h2,5-6,8H,4H2,(H2,3,7). The summed E-state index contributed by atoms with van der Waals surface area (Å²) in [6.07, 6.45) is -2.61. The van der Waals surface area contributed by atoms with Gasteiger partial charge in [0.1, 0.15) is 0 Å². The van der Waals surface area contributed by atoms with Gasteiger partial charge in [0.15, 0.2) is 0 Å². The molecule has 0 aromatic rings. The van der Waals surface area contributed by atoms with Crippen LogP contribution in [0.3, 0.4) is 0 Å². The number of rotatable bonds is 3. The molecule has 0 heterocycles. The van der Waals surface area contributed by atoms with Gasteiger partial charge in [-0.2, -0.15) is 11.0 Å². The summed E-state index contributed by atoms with van der Waals surface area (Å²) >= 11 is 0. The van der Waals surface area contributed by atoms with Crippen LogP contribution in [0.2, 0.25) is 0 Å². The maximum atomic E-state index is 9.82. The van der Waals surface area contributed by atoms with Gasteiger partial charge in [-0.15, -0.1) is 0 Å². The lowest BCUT2D eigenvalue weighted by Gasteiger charge is -2.09. The first kappa shape index (κ1) is 8.11. The first-order valence-corrected chi connectivity index (χ1v) is 2.02. The quantitative estimate of drug-likeness (QED) is 0.164. The van der Waals surface area contributed by atoms with E-state index in [2.05, 4.69) is 16.3 Å². The first-order valence-electron chi connectivity index (χ1n) is 2.02. The van der Waals surface area contributed by atoms with E-state index in [1.165, 1.54) is 0 Å². The van der Waals surface area contributed by atoms with Crippen molar-refractivity contribution in [1.29, 1.82) is 0 Å². The molecule has 0 bridgehead atoms. The van der Waals surface area contributed by atoms with E-state index in [9.17, 15) is 4.79 Å². The number of hydrogen-bond donors (Lipinski definition) is 5. The van der Waals surface area contributed by atoms with Crippen molar-refractivity contribution in [3.05, 3.63) is 0 Å². The molecule has 1 unspecified atom stereocenters. The van der Waals surface area contributed by atoms with E-state index in [1.807, 2.05) is 11.0 Å². The van der Waals surface area contributed by atoms with Crippen LogP contribution in [0.25, 0.3) is 0 Å². The predicted octanol–water partition coefficient (Wildman–Crippen LogP) is -2.67. The van der Waals surface area contributed by atoms with Gasteiger partial charge in [-0.25, -0.2) is 4.79 Å². The zero-order chi connectivity index (χ0) is 7.28. The molecule has 0 rings (SSSR count). The SMILES string of the molecule is NNNC(O)OC(N)=O. The first-order chi connectivity index (χ1) is 4.16. The molecule has 54 valence electrons. The molecule has 0 saturated heterocycles. The zero-order valence-corrected chi connectivity index (χ0v) is 4.50. The maximum absolute atomic E-state index is 9.82. The van der Waals surface area contributed by atoms with Gasteiger partial charge in [0.05, 0.1) is 0 Å². The Hall–Kier alpha value is -0.890. The van der Waals surface area contributed by atoms with E-state index in [4.69, 9.17) is 5.11 Å². The lowest BCUT2D eigenvalue weighted by atomic mass is 11.1. The number of amides is 1. The van der Waals surface area contributed by atoms with Crippen molar-refractivity contribution in [2.45, 2.75) is 6.41 Å². The molecule has 1 amide bonds. The molecule has 0 fully saturated rings. The van der Waals surface area contributed by atoms with Crippen LogP contribution in [-0.2, 0) is 4.74 Å². The number of primary amides is 1. The van der Waals surface area contributed by atoms with Gasteiger partial charge in [-0.05, 0) is 0 Å². The molecule has 1 atom stereocenters. The Morgan fingerprint density at radius 1 is 1.78 bits per heavy atom. The minimum atomic E-state index is -1.52. The average Bonchev–Trinajstić information content (AvgIpc) is 1.63. The monoisotopic (exact) mass is 136 g/mol. The molecular weight excluding hydrogens is 128 g/mol. The highest BCUT2D eigenvalue weighted by atomic mass is 16.7. The molecule has 7 heteroatoms. The van der Waals surface area contributed by atoms with Crippen LogP contribution in [0.15, 0.2) is 0 Å². The topological polar surface area (TPSA) is 123 Å². The largest absolute Gasteiger partial charge is 0.407 e. The summed E-state index contributed by atoms with van der Waals surface area (Å²) < 4.78 is 3.93. The highest BCUT2D eigenvalue weighted by Crippen LogP contribution is 1.76. The lowest BCUT2D eigenvalue weighted by Crippen LogP contribution is -2.47. The van der Waals surface area contributed by atoms with E-state index in [-0.39, 0.29) is 0 Å². The summed E-state index contributed by atoms with van der Waals surface area (Å²) in [4.78, 5) is 9.82. The van der Waals surface area contributed by atoms with Gasteiger partial charge in [-0.3, -0.25) is 5.84 Å². The van der Waals surface area contributed by atoms with Gasteiger partial charge in [-0.1, -0.05) is 0 Å². The van der Waals surface area contributed by atoms with Gasteiger partial charge in [0.25, 0.3) is 6.41 Å². The molecule has 0 saturated carbocycles. The number of nitrogens with one attached hydrogen (secondary N) is 2. The number of aliphatic hydroxyl groups excluding tert-OH is 1. The summed E-state index contributed by atoms with van der Waals surface area (Å²) in [7, 11) is 0. The second kappa shape index (κ2) is 4.04. The van der Waals surface area contributed by atoms with Crippen molar-refractivity contribution in [1.82, 2.24) is 11.0 Å². The summed E-state index contributed by atoms with van der Waals surface area (Å²) in [5.41, 5.74) is 8.27. The van der Waals surface area contributed by atoms with Crippen LogP contribution in [0.4, 0.5) is 4.79 Å². The summed E-state index contributed by atoms with van der Waals surface area (Å²) in [6.45, 7) is 0. The molecule has 0 aliphatic carbocycles. The van der Waals surface area contributed by atoms with Crippen LogP contribution >= 0.6 is 0 Å². The third-order valence-electron chi connectivity index (χ3n) is 0.435. The molecule has 0 radical (unpaired) electrons. The summed E-state index contributed by atoms with van der Waals surface area (Å²) in [6, 6.07) is 0. The van der Waals surface area contributed by atoms with Crippen LogP contribution in [0.5, 0.6) is 0 Å². The van der Waals surface area contributed by atoms with Crippen molar-refractivity contribution < 1.29 is 14.6 Å². The van der Waals surface area contributed by atoms with Crippen LogP contribution in [-0.4, -0.2) is 17.6 Å². The van der Waals surface area contributed by atoms with E-state index in [0.717, 1.165) is 0 Å². The number of ether oxygens (including phenoxy) is 1. The van der Waals surface area contributed by atoms with Crippen molar-refractivity contribution in [2.24, 2.45) is 11.6 Å². The van der Waals surface area contributed by atoms with E-state index in [0.29, 0.717) is 0 Å². The molecule has 0 aliphatic heterocycles. The van der Waals surface area contributed by atoms with Crippen LogP contribution in [0.1, 0.15) is 0 Å². The van der Waals surface area contributed by atoms with Gasteiger partial charge < -0.3 is 15.6 Å². The Morgan fingerprint density at radius 3 is 2.67 bits per heavy atom. The molecule has 7 N–H and O–H groups in total. The maximum Gasteiger partial charge on any atom is 0.407 e. The zero-order valence-electron chi connectivity index (χ0n) is 4.50. The fourth-order valence-corrected chi connectivity index (χ4v) is 0.211. The second-order valence-electron chi connectivity index (χ2n) is 1.08. The third kappa shape index (κ3) is 4.97. The van der Waals surface area contributed by atoms with E-state index in [1.54, 1.807) is 0 Å². The molecule has 0 aliphatic rings. The number of carbonyl (C=O) groups is 1. The number of carbonyl (C=O) groups excluding carboxylic acids is 1. The molecule has 0 aromatic carbocycles. The Morgan fingerprint density at radius 2 is 2.33 bits per heavy atom. The molecule has 7 nitrogen and oxygen atoms in total. The highest BCUT2D eigenvalue weighted by molar-refractivity contribution is 5.64. The normalized spacial score (nSPS) is 12.7. The number of hydrogen-bond acceptors (Lipinski definition) is 6. The summed E-state index contributed by atoms with van der Waals surface area (Å²) in [5.74, 6) is 4.65. The lowest BCUT2D eigenvalue weighted by molar-refractivity contribution is -0.0807. The third-order valence-corrected chi connectivity index (χ3v) is 0.435. The molecule has 9 heavy (non-hydrogen) atoms. The van der Waals surface area contributed by atoms with Gasteiger partial charge >= 0.3 is 6.09 Å². The number of aliphatic hydroxyl groups is 1. The van der Waals surface area contributed by atoms with Crippen molar-refractivity contribution in [3.8, 4) is 0 Å². The second-order valence-corrected chi connectivity index (χ2v) is 1.08. The summed E-state index contributed by atoms with van der Waals surface area (Å²) in [5, 5.41) is 8.44. The fourth-order valence-electron chi connectivity index (χ4n) is 0.211. The smallest absolute Gasteiger partial charge is 0.404 e. The Balaban J connectivity index is 3.26. The van der Waals surface area contributed by atoms with Crippen LogP contribution in [0, 0.1) is 0 Å². The van der Waals surface area contributed by atoms with Gasteiger partial charge in [0.2, 0.25) is 0 Å². The molecule has 0 spiro atoms. The highest BCUT2D eigenvalue weighted by Gasteiger charge is 2.03.